The fourth-order valence-corrected chi connectivity index (χ4v) is 9.71. The van der Waals surface area contributed by atoms with Crippen LogP contribution in [-0.2, 0) is 12.8 Å². The Morgan fingerprint density at radius 3 is 2.11 bits per heavy atom. The van der Waals surface area contributed by atoms with Gasteiger partial charge in [-0.3, -0.25) is 0 Å². The molecule has 214 valence electrons. The summed E-state index contributed by atoms with van der Waals surface area (Å²) < 4.78 is 2.73. The highest BCUT2D eigenvalue weighted by Gasteiger charge is 2.22. The van der Waals surface area contributed by atoms with Crippen LogP contribution in [0.25, 0.3) is 96.5 Å². The van der Waals surface area contributed by atoms with Crippen LogP contribution in [0.5, 0.6) is 0 Å². The van der Waals surface area contributed by atoms with Crippen molar-refractivity contribution in [1.29, 1.82) is 0 Å². The van der Waals surface area contributed by atoms with Gasteiger partial charge in [0, 0.05) is 31.8 Å². The van der Waals surface area contributed by atoms with Gasteiger partial charge in [-0.05, 0) is 103 Å². The predicted molar refractivity (Wildman–Crippen MR) is 199 cm³/mol. The molecule has 0 unspecified atom stereocenters. The van der Waals surface area contributed by atoms with Crippen molar-refractivity contribution in [3.63, 3.8) is 0 Å². The molecule has 0 bridgehead atoms. The van der Waals surface area contributed by atoms with Crippen molar-refractivity contribution in [3.8, 4) is 22.3 Å². The third-order valence-corrected chi connectivity index (χ3v) is 11.7. The number of nitrogens with one attached hydrogen (secondary N) is 1. The van der Waals surface area contributed by atoms with Crippen LogP contribution in [0.1, 0.15) is 11.1 Å². The Morgan fingerprint density at radius 1 is 0.435 bits per heavy atom. The molecule has 1 nitrogen and oxygen atoms in total. The van der Waals surface area contributed by atoms with Crippen LogP contribution in [0.15, 0.2) is 133 Å². The third kappa shape index (κ3) is 3.29. The van der Waals surface area contributed by atoms with E-state index < -0.39 is 0 Å². The first-order valence-corrected chi connectivity index (χ1v) is 17.0. The molecule has 0 saturated carbocycles. The molecule has 11 rings (SSSR count). The second-order valence-corrected chi connectivity index (χ2v) is 13.9. The van der Waals surface area contributed by atoms with E-state index in [1.807, 2.05) is 11.3 Å². The van der Waals surface area contributed by atoms with Gasteiger partial charge in [0.25, 0.3) is 0 Å². The van der Waals surface area contributed by atoms with E-state index in [9.17, 15) is 0 Å². The van der Waals surface area contributed by atoms with Crippen LogP contribution in [-0.4, -0.2) is 4.98 Å². The maximum absolute atomic E-state index is 3.85. The minimum atomic E-state index is 1.10. The van der Waals surface area contributed by atoms with Gasteiger partial charge in [0.1, 0.15) is 0 Å². The predicted octanol–water partition coefficient (Wildman–Crippen LogP) is 12.6. The van der Waals surface area contributed by atoms with Gasteiger partial charge < -0.3 is 4.98 Å². The smallest absolute Gasteiger partial charge is 0.0649 e. The molecule has 10 aromatic rings. The molecule has 0 spiro atoms. The second kappa shape index (κ2) is 9.06. The largest absolute Gasteiger partial charge is 0.353 e. The molecule has 2 heterocycles. The van der Waals surface area contributed by atoms with E-state index in [1.54, 1.807) is 0 Å². The number of H-pyrrole nitrogens is 1. The quantitative estimate of drug-likeness (QED) is 0.190. The lowest BCUT2D eigenvalue weighted by molar-refractivity contribution is 0.971. The standard InChI is InChI=1S/C44H27NS/c1-2-12-30-25(8-1)20-21-34-32-13-3-4-14-33(32)36(24-37(30)34)28-11-5-10-27(22-28)31-15-7-16-35-38-23-29-19-18-26-9-6-17-39-40(26)41(29)42(45-39)44(38)46-43(31)35/h1-17,20-24,45H,18-19H2. The number of aromatic amines is 1. The zero-order chi connectivity index (χ0) is 29.9. The van der Waals surface area contributed by atoms with Gasteiger partial charge in [0.2, 0.25) is 0 Å². The van der Waals surface area contributed by atoms with Crippen molar-refractivity contribution < 1.29 is 0 Å². The summed E-state index contributed by atoms with van der Waals surface area (Å²) in [5, 5.41) is 13.4. The summed E-state index contributed by atoms with van der Waals surface area (Å²) in [4.78, 5) is 3.85. The summed E-state index contributed by atoms with van der Waals surface area (Å²) in [5.74, 6) is 0. The molecule has 0 atom stereocenters. The lowest BCUT2D eigenvalue weighted by atomic mass is 9.89. The molecule has 1 aliphatic carbocycles. The molecular weight excluding hydrogens is 575 g/mol. The molecule has 2 heteroatoms. The number of fused-ring (bicyclic) bond motifs is 9. The summed E-state index contributed by atoms with van der Waals surface area (Å²) >= 11 is 1.94. The summed E-state index contributed by atoms with van der Waals surface area (Å²) in [5.41, 5.74) is 10.6. The molecule has 0 radical (unpaired) electrons. The molecule has 0 amide bonds. The van der Waals surface area contributed by atoms with Crippen molar-refractivity contribution in [2.45, 2.75) is 12.8 Å². The Hall–Kier alpha value is -5.44. The summed E-state index contributed by atoms with van der Waals surface area (Å²) in [6.45, 7) is 0. The number of aryl methyl sites for hydroxylation is 2. The summed E-state index contributed by atoms with van der Waals surface area (Å²) in [7, 11) is 0. The topological polar surface area (TPSA) is 15.8 Å². The Labute approximate surface area is 269 Å². The maximum atomic E-state index is 3.85. The molecule has 46 heavy (non-hydrogen) atoms. The van der Waals surface area contributed by atoms with E-state index in [1.165, 1.54) is 108 Å². The molecule has 1 aliphatic rings. The van der Waals surface area contributed by atoms with Gasteiger partial charge in [0.15, 0.2) is 0 Å². The monoisotopic (exact) mass is 601 g/mol. The molecule has 1 N–H and O–H groups in total. The Kier molecular flexibility index (Phi) is 4.89. The summed E-state index contributed by atoms with van der Waals surface area (Å²) in [6, 6.07) is 49.9. The van der Waals surface area contributed by atoms with E-state index in [4.69, 9.17) is 0 Å². The highest BCUT2D eigenvalue weighted by Crippen LogP contribution is 2.47. The highest BCUT2D eigenvalue weighted by molar-refractivity contribution is 7.27. The zero-order valence-electron chi connectivity index (χ0n) is 25.0. The van der Waals surface area contributed by atoms with Crippen molar-refractivity contribution in [2.24, 2.45) is 0 Å². The average molecular weight is 602 g/mol. The number of rotatable bonds is 2. The van der Waals surface area contributed by atoms with Crippen LogP contribution in [0, 0.1) is 0 Å². The fourth-order valence-electron chi connectivity index (χ4n) is 8.38. The first kappa shape index (κ1) is 24.8. The van der Waals surface area contributed by atoms with Crippen molar-refractivity contribution >= 4 is 85.6 Å². The number of benzene rings is 8. The molecule has 2 aromatic heterocycles. The normalized spacial score (nSPS) is 13.0. The van der Waals surface area contributed by atoms with Gasteiger partial charge in [-0.15, -0.1) is 11.3 Å². The van der Waals surface area contributed by atoms with Crippen LogP contribution in [0.3, 0.4) is 0 Å². The minimum Gasteiger partial charge on any atom is -0.353 e. The first-order chi connectivity index (χ1) is 22.8. The van der Waals surface area contributed by atoms with Crippen LogP contribution >= 0.6 is 11.3 Å². The number of aromatic nitrogens is 1. The number of hydrogen-bond acceptors (Lipinski definition) is 1. The van der Waals surface area contributed by atoms with Crippen molar-refractivity contribution in [2.75, 3.05) is 0 Å². The molecule has 0 aliphatic heterocycles. The molecule has 0 saturated heterocycles. The first-order valence-electron chi connectivity index (χ1n) is 16.1. The zero-order valence-corrected chi connectivity index (χ0v) is 25.8. The number of thiophene rings is 1. The third-order valence-electron chi connectivity index (χ3n) is 10.4. The van der Waals surface area contributed by atoms with Gasteiger partial charge in [-0.25, -0.2) is 0 Å². The van der Waals surface area contributed by atoms with E-state index >= 15 is 0 Å². The van der Waals surface area contributed by atoms with E-state index in [0.29, 0.717) is 0 Å². The van der Waals surface area contributed by atoms with E-state index in [2.05, 4.69) is 138 Å². The van der Waals surface area contributed by atoms with Gasteiger partial charge in [0.05, 0.1) is 10.2 Å². The Bertz CT molecular complexity index is 2920. The highest BCUT2D eigenvalue weighted by atomic mass is 32.1. The van der Waals surface area contributed by atoms with Crippen molar-refractivity contribution in [1.82, 2.24) is 4.98 Å². The second-order valence-electron chi connectivity index (χ2n) is 12.8. The Morgan fingerprint density at radius 2 is 1.17 bits per heavy atom. The van der Waals surface area contributed by atoms with Crippen LogP contribution in [0.2, 0.25) is 0 Å². The molecule has 0 fully saturated rings. The minimum absolute atomic E-state index is 1.10. The number of hydrogen-bond donors (Lipinski definition) is 1. The average Bonchev–Trinajstić information content (AvgIpc) is 3.70. The SMILES string of the molecule is c1cc(-c2cc3c4ccccc4ccc3c3ccccc23)cc(-c2cccc3c2sc2c3cc3c4c2[nH]c2cccc(c24)CC3)c1. The Balaban J connectivity index is 1.16. The van der Waals surface area contributed by atoms with Gasteiger partial charge >= 0.3 is 0 Å². The van der Waals surface area contributed by atoms with E-state index in [0.717, 1.165) is 12.8 Å². The van der Waals surface area contributed by atoms with Gasteiger partial charge in [-0.2, -0.15) is 0 Å². The lowest BCUT2D eigenvalue weighted by Gasteiger charge is -2.14. The molecular formula is C44H27NS. The molecule has 8 aromatic carbocycles. The summed E-state index contributed by atoms with van der Waals surface area (Å²) in [6.07, 6.45) is 2.21. The van der Waals surface area contributed by atoms with Crippen LogP contribution in [0.4, 0.5) is 0 Å². The fraction of sp³-hybridized carbons (Fsp3) is 0.0455. The van der Waals surface area contributed by atoms with E-state index in [-0.39, 0.29) is 0 Å². The van der Waals surface area contributed by atoms with Gasteiger partial charge in [-0.1, -0.05) is 109 Å². The maximum Gasteiger partial charge on any atom is 0.0649 e. The van der Waals surface area contributed by atoms with Crippen LogP contribution < -0.4 is 0 Å². The van der Waals surface area contributed by atoms with Crippen molar-refractivity contribution in [3.05, 3.63) is 145 Å². The lowest BCUT2D eigenvalue weighted by Crippen LogP contribution is -1.98.